The van der Waals surface area contributed by atoms with Gasteiger partial charge in [-0.3, -0.25) is 34.7 Å². The number of ether oxygens (including phenoxy) is 1. The van der Waals surface area contributed by atoms with Gasteiger partial charge >= 0.3 is 0 Å². The maximum atomic E-state index is 12.7. The first kappa shape index (κ1) is 17.4. The zero-order valence-electron chi connectivity index (χ0n) is 13.6. The normalized spacial score (nSPS) is 13.3. The standard InChI is InChI=1S/C16H13N3O7/c1-26-4-2-3-17-15(20)12-7-10(18(22)23)5-9-6-11(19(24)25)8-13(14(9)12)16(17)21/h5-8H,2-4H2,1H3. The largest absolute Gasteiger partial charge is 0.385 e. The molecule has 1 aliphatic rings. The Labute approximate surface area is 146 Å². The number of amides is 2. The van der Waals surface area contributed by atoms with E-state index >= 15 is 0 Å². The molecule has 2 aromatic carbocycles. The van der Waals surface area contributed by atoms with Crippen molar-refractivity contribution in [3.8, 4) is 0 Å². The molecule has 1 aliphatic heterocycles. The highest BCUT2D eigenvalue weighted by Gasteiger charge is 2.35. The molecule has 1 heterocycles. The van der Waals surface area contributed by atoms with E-state index in [1.165, 1.54) is 7.11 Å². The molecule has 134 valence electrons. The number of hydrogen-bond acceptors (Lipinski definition) is 7. The first-order valence-corrected chi connectivity index (χ1v) is 7.61. The first-order valence-electron chi connectivity index (χ1n) is 7.61. The predicted molar refractivity (Wildman–Crippen MR) is 89.1 cm³/mol. The van der Waals surface area contributed by atoms with E-state index in [0.717, 1.165) is 29.2 Å². The van der Waals surface area contributed by atoms with Crippen molar-refractivity contribution in [1.82, 2.24) is 4.90 Å². The van der Waals surface area contributed by atoms with Gasteiger partial charge in [0.15, 0.2) is 0 Å². The molecule has 0 radical (unpaired) electrons. The van der Waals surface area contributed by atoms with E-state index in [2.05, 4.69) is 0 Å². The molecule has 10 heteroatoms. The van der Waals surface area contributed by atoms with Gasteiger partial charge in [0, 0.05) is 49.9 Å². The molecule has 2 aromatic rings. The van der Waals surface area contributed by atoms with Gasteiger partial charge in [0.2, 0.25) is 0 Å². The lowest BCUT2D eigenvalue weighted by atomic mass is 9.92. The summed E-state index contributed by atoms with van der Waals surface area (Å²) in [5, 5.41) is 22.6. The van der Waals surface area contributed by atoms with Crippen molar-refractivity contribution in [3.63, 3.8) is 0 Å². The van der Waals surface area contributed by atoms with Crippen LogP contribution in [0.1, 0.15) is 27.1 Å². The zero-order valence-corrected chi connectivity index (χ0v) is 13.6. The predicted octanol–water partition coefficient (Wildman–Crippen LogP) is 2.29. The maximum absolute atomic E-state index is 12.7. The van der Waals surface area contributed by atoms with E-state index in [1.54, 1.807) is 0 Å². The molecule has 0 spiro atoms. The van der Waals surface area contributed by atoms with Crippen LogP contribution in [0.4, 0.5) is 11.4 Å². The highest BCUT2D eigenvalue weighted by atomic mass is 16.6. The molecule has 26 heavy (non-hydrogen) atoms. The molecule has 0 saturated heterocycles. The Balaban J connectivity index is 2.25. The molecule has 0 unspecified atom stereocenters. The summed E-state index contributed by atoms with van der Waals surface area (Å²) < 4.78 is 4.90. The SMILES string of the molecule is COCCCN1C(=O)c2cc([N+](=O)[O-])cc3cc([N+](=O)[O-])cc(c23)C1=O. The van der Waals surface area contributed by atoms with Crippen LogP contribution in [0.2, 0.25) is 0 Å². The second kappa shape index (κ2) is 6.48. The van der Waals surface area contributed by atoms with E-state index in [-0.39, 0.29) is 39.8 Å². The van der Waals surface area contributed by atoms with Gasteiger partial charge in [-0.15, -0.1) is 0 Å². The fraction of sp³-hybridized carbons (Fsp3) is 0.250. The summed E-state index contributed by atoms with van der Waals surface area (Å²) in [4.78, 5) is 47.3. The molecule has 0 aromatic heterocycles. The minimum absolute atomic E-state index is 0.0175. The topological polar surface area (TPSA) is 133 Å². The van der Waals surface area contributed by atoms with E-state index in [1.807, 2.05) is 0 Å². The molecule has 0 fully saturated rings. The zero-order chi connectivity index (χ0) is 19.0. The molecule has 0 atom stereocenters. The third-order valence-electron chi connectivity index (χ3n) is 4.12. The summed E-state index contributed by atoms with van der Waals surface area (Å²) in [6.45, 7) is 0.348. The van der Waals surface area contributed by atoms with Crippen LogP contribution in [-0.2, 0) is 4.74 Å². The minimum atomic E-state index is -0.687. The number of carbonyl (C=O) groups excluding carboxylic acids is 2. The van der Waals surface area contributed by atoms with Crippen molar-refractivity contribution in [2.45, 2.75) is 6.42 Å². The average molecular weight is 359 g/mol. The number of carbonyl (C=O) groups is 2. The number of non-ortho nitro benzene ring substituents is 2. The van der Waals surface area contributed by atoms with Crippen LogP contribution in [0.25, 0.3) is 10.8 Å². The Morgan fingerprint density at radius 2 is 1.46 bits per heavy atom. The second-order valence-electron chi connectivity index (χ2n) is 5.71. The lowest BCUT2D eigenvalue weighted by molar-refractivity contribution is -0.385. The molecule has 0 saturated carbocycles. The number of nitro benzene ring substituents is 2. The monoisotopic (exact) mass is 359 g/mol. The quantitative estimate of drug-likeness (QED) is 0.334. The Morgan fingerprint density at radius 1 is 0.962 bits per heavy atom. The Kier molecular flexibility index (Phi) is 4.34. The molecule has 0 bridgehead atoms. The summed E-state index contributed by atoms with van der Waals surface area (Å²) in [5.41, 5.74) is -0.788. The van der Waals surface area contributed by atoms with Gasteiger partial charge < -0.3 is 4.74 Å². The third kappa shape index (κ3) is 2.75. The summed E-state index contributed by atoms with van der Waals surface area (Å²) in [6.07, 6.45) is 0.371. The number of nitrogens with zero attached hydrogens (tertiary/aromatic N) is 3. The van der Waals surface area contributed by atoms with Crippen LogP contribution >= 0.6 is 0 Å². The lowest BCUT2D eigenvalue weighted by Crippen LogP contribution is -2.41. The van der Waals surface area contributed by atoms with Gasteiger partial charge in [0.25, 0.3) is 23.2 Å². The summed E-state index contributed by atoms with van der Waals surface area (Å²) in [6, 6.07) is 4.43. The summed E-state index contributed by atoms with van der Waals surface area (Å²) in [7, 11) is 1.47. The van der Waals surface area contributed by atoms with Crippen LogP contribution in [0, 0.1) is 20.2 Å². The van der Waals surface area contributed by atoms with Crippen LogP contribution in [-0.4, -0.2) is 46.8 Å². The number of methoxy groups -OCH3 is 1. The average Bonchev–Trinajstić information content (AvgIpc) is 2.61. The van der Waals surface area contributed by atoms with E-state index < -0.39 is 21.7 Å². The highest BCUT2D eigenvalue weighted by molar-refractivity contribution is 6.26. The van der Waals surface area contributed by atoms with E-state index in [9.17, 15) is 29.8 Å². The highest BCUT2D eigenvalue weighted by Crippen LogP contribution is 2.36. The van der Waals surface area contributed by atoms with Gasteiger partial charge in [-0.05, 0) is 11.8 Å². The third-order valence-corrected chi connectivity index (χ3v) is 4.12. The number of rotatable bonds is 6. The lowest BCUT2D eigenvalue weighted by Gasteiger charge is -2.26. The molecule has 10 nitrogen and oxygen atoms in total. The van der Waals surface area contributed by atoms with E-state index in [0.29, 0.717) is 13.0 Å². The smallest absolute Gasteiger partial charge is 0.270 e. The van der Waals surface area contributed by atoms with Gasteiger partial charge in [-0.25, -0.2) is 0 Å². The van der Waals surface area contributed by atoms with E-state index in [4.69, 9.17) is 4.74 Å². The summed E-state index contributed by atoms with van der Waals surface area (Å²) >= 11 is 0. The molecular formula is C16H13N3O7. The van der Waals surface area contributed by atoms with Crippen molar-refractivity contribution in [2.75, 3.05) is 20.3 Å². The maximum Gasteiger partial charge on any atom is 0.270 e. The van der Waals surface area contributed by atoms with Crippen LogP contribution < -0.4 is 0 Å². The fourth-order valence-corrected chi connectivity index (χ4v) is 2.99. The number of benzene rings is 2. The van der Waals surface area contributed by atoms with Crippen LogP contribution in [0.15, 0.2) is 24.3 Å². The van der Waals surface area contributed by atoms with Gasteiger partial charge in [-0.1, -0.05) is 0 Å². The Hall–Kier alpha value is -3.40. The van der Waals surface area contributed by atoms with Crippen molar-refractivity contribution in [3.05, 3.63) is 55.6 Å². The number of nitro groups is 2. The Morgan fingerprint density at radius 3 is 1.88 bits per heavy atom. The second-order valence-corrected chi connectivity index (χ2v) is 5.71. The molecule has 0 N–H and O–H groups in total. The van der Waals surface area contributed by atoms with Gasteiger partial charge in [-0.2, -0.15) is 0 Å². The van der Waals surface area contributed by atoms with Gasteiger partial charge in [0.1, 0.15) is 0 Å². The van der Waals surface area contributed by atoms with Crippen molar-refractivity contribution in [1.29, 1.82) is 0 Å². The first-order chi connectivity index (χ1) is 12.3. The van der Waals surface area contributed by atoms with Crippen molar-refractivity contribution < 1.29 is 24.2 Å². The van der Waals surface area contributed by atoms with Crippen LogP contribution in [0.5, 0.6) is 0 Å². The molecular weight excluding hydrogens is 346 g/mol. The van der Waals surface area contributed by atoms with Gasteiger partial charge in [0.05, 0.1) is 21.0 Å². The summed E-state index contributed by atoms with van der Waals surface area (Å²) in [5.74, 6) is -1.33. The van der Waals surface area contributed by atoms with Crippen molar-refractivity contribution >= 4 is 34.0 Å². The van der Waals surface area contributed by atoms with Crippen LogP contribution in [0.3, 0.4) is 0 Å². The molecule has 3 rings (SSSR count). The minimum Gasteiger partial charge on any atom is -0.385 e. The molecule has 2 amide bonds. The fourth-order valence-electron chi connectivity index (χ4n) is 2.99. The number of imide groups is 1. The number of hydrogen-bond donors (Lipinski definition) is 0. The Bertz CT molecular complexity index is 901. The van der Waals surface area contributed by atoms with Crippen molar-refractivity contribution in [2.24, 2.45) is 0 Å². The molecule has 0 aliphatic carbocycles.